The molecule has 0 aromatic carbocycles. The van der Waals surface area contributed by atoms with Crippen LogP contribution in [0, 0.1) is 6.92 Å². The zero-order valence-electron chi connectivity index (χ0n) is 15.6. The summed E-state index contributed by atoms with van der Waals surface area (Å²) in [7, 11) is 0. The molecule has 0 atom stereocenters. The van der Waals surface area contributed by atoms with E-state index in [2.05, 4.69) is 20.3 Å². The number of rotatable bonds is 4. The van der Waals surface area contributed by atoms with Crippen molar-refractivity contribution < 1.29 is 18.0 Å². The van der Waals surface area contributed by atoms with E-state index in [4.69, 9.17) is 0 Å². The Morgan fingerprint density at radius 3 is 2.46 bits per heavy atom. The Morgan fingerprint density at radius 1 is 1.18 bits per heavy atom. The average molecular weight is 394 g/mol. The van der Waals surface area contributed by atoms with E-state index in [1.54, 1.807) is 4.90 Å². The van der Waals surface area contributed by atoms with Crippen molar-refractivity contribution in [3.05, 3.63) is 41.3 Å². The average Bonchev–Trinajstić information content (AvgIpc) is 2.67. The van der Waals surface area contributed by atoms with Crippen LogP contribution in [0.2, 0.25) is 0 Å². The fourth-order valence-electron chi connectivity index (χ4n) is 2.95. The van der Waals surface area contributed by atoms with Crippen LogP contribution in [0.5, 0.6) is 0 Å². The maximum atomic E-state index is 12.6. The van der Waals surface area contributed by atoms with Gasteiger partial charge in [0.05, 0.1) is 5.56 Å². The van der Waals surface area contributed by atoms with Crippen molar-refractivity contribution in [1.29, 1.82) is 0 Å². The standard InChI is InChI=1S/C18H21F3N6O/c1-3-22-15-10-12(2)24-17(25-15)27-8-6-26(7-9-27)16(28)13-4-5-14(23-11-13)18(19,20)21/h4-5,10-11H,3,6-9H2,1-2H3,(H,22,24,25). The Hall–Kier alpha value is -2.91. The molecule has 1 N–H and O–H groups in total. The van der Waals surface area contributed by atoms with E-state index in [9.17, 15) is 18.0 Å². The minimum absolute atomic E-state index is 0.141. The summed E-state index contributed by atoms with van der Waals surface area (Å²) in [6.07, 6.45) is -3.55. The SMILES string of the molecule is CCNc1cc(C)nc(N2CCN(C(=O)c3ccc(C(F)(F)F)nc3)CC2)n1. The molecule has 10 heteroatoms. The molecule has 2 aromatic heterocycles. The minimum Gasteiger partial charge on any atom is -0.370 e. The molecule has 0 spiro atoms. The molecule has 7 nitrogen and oxygen atoms in total. The zero-order valence-corrected chi connectivity index (χ0v) is 15.6. The second-order valence-electron chi connectivity index (χ2n) is 6.43. The first kappa shape index (κ1) is 19.8. The molecule has 0 radical (unpaired) electrons. The Kier molecular flexibility index (Phi) is 5.66. The number of piperazine rings is 1. The van der Waals surface area contributed by atoms with E-state index in [1.165, 1.54) is 0 Å². The number of hydrogen-bond acceptors (Lipinski definition) is 6. The van der Waals surface area contributed by atoms with Gasteiger partial charge in [0.2, 0.25) is 5.95 Å². The topological polar surface area (TPSA) is 74.2 Å². The molecule has 0 unspecified atom stereocenters. The van der Waals surface area contributed by atoms with Gasteiger partial charge in [-0.1, -0.05) is 0 Å². The number of nitrogens with zero attached hydrogens (tertiary/aromatic N) is 5. The van der Waals surface area contributed by atoms with E-state index in [0.29, 0.717) is 32.1 Å². The third kappa shape index (κ3) is 4.49. The van der Waals surface area contributed by atoms with Gasteiger partial charge in [0.25, 0.3) is 5.91 Å². The predicted octanol–water partition coefficient (Wildman–Crippen LogP) is 2.59. The van der Waals surface area contributed by atoms with Crippen molar-refractivity contribution in [2.75, 3.05) is 42.9 Å². The number of aryl methyl sites for hydroxylation is 1. The highest BCUT2D eigenvalue weighted by molar-refractivity contribution is 5.94. The number of carbonyl (C=O) groups excluding carboxylic acids is 1. The summed E-state index contributed by atoms with van der Waals surface area (Å²) in [5, 5.41) is 3.16. The monoisotopic (exact) mass is 394 g/mol. The quantitative estimate of drug-likeness (QED) is 0.859. The molecule has 0 bridgehead atoms. The number of anilines is 2. The fourth-order valence-corrected chi connectivity index (χ4v) is 2.95. The van der Waals surface area contributed by atoms with Crippen molar-refractivity contribution in [3.63, 3.8) is 0 Å². The lowest BCUT2D eigenvalue weighted by atomic mass is 10.2. The highest BCUT2D eigenvalue weighted by Crippen LogP contribution is 2.27. The number of nitrogens with one attached hydrogen (secondary N) is 1. The number of halogens is 3. The van der Waals surface area contributed by atoms with Crippen LogP contribution in [0.4, 0.5) is 24.9 Å². The molecule has 3 heterocycles. The van der Waals surface area contributed by atoms with E-state index >= 15 is 0 Å². The van der Waals surface area contributed by atoms with Gasteiger partial charge < -0.3 is 15.1 Å². The molecule has 1 fully saturated rings. The summed E-state index contributed by atoms with van der Waals surface area (Å²) in [4.78, 5) is 28.4. The summed E-state index contributed by atoms with van der Waals surface area (Å²) >= 11 is 0. The van der Waals surface area contributed by atoms with Crippen molar-refractivity contribution in [3.8, 4) is 0 Å². The Morgan fingerprint density at radius 2 is 1.89 bits per heavy atom. The Labute approximate surface area is 160 Å². The summed E-state index contributed by atoms with van der Waals surface area (Å²) in [6.45, 7) is 6.55. The Bertz CT molecular complexity index is 832. The molecule has 1 aliphatic heterocycles. The fraction of sp³-hybridized carbons (Fsp3) is 0.444. The first-order valence-corrected chi connectivity index (χ1v) is 8.95. The van der Waals surface area contributed by atoms with Crippen molar-refractivity contribution >= 4 is 17.7 Å². The van der Waals surface area contributed by atoms with E-state index in [0.717, 1.165) is 36.4 Å². The van der Waals surface area contributed by atoms with Gasteiger partial charge in [0, 0.05) is 50.7 Å². The predicted molar refractivity (Wildman–Crippen MR) is 98.3 cm³/mol. The first-order chi connectivity index (χ1) is 13.3. The molecule has 1 saturated heterocycles. The first-order valence-electron chi connectivity index (χ1n) is 8.95. The van der Waals surface area contributed by atoms with Gasteiger partial charge >= 0.3 is 6.18 Å². The van der Waals surface area contributed by atoms with Gasteiger partial charge in [-0.05, 0) is 26.0 Å². The van der Waals surface area contributed by atoms with Crippen LogP contribution in [0.1, 0.15) is 28.7 Å². The van der Waals surface area contributed by atoms with Crippen LogP contribution in [0.3, 0.4) is 0 Å². The molecule has 2 aromatic rings. The van der Waals surface area contributed by atoms with E-state index in [-0.39, 0.29) is 11.5 Å². The molecule has 0 saturated carbocycles. The maximum Gasteiger partial charge on any atom is 0.433 e. The number of alkyl halides is 3. The number of hydrogen-bond donors (Lipinski definition) is 1. The van der Waals surface area contributed by atoms with Gasteiger partial charge in [-0.25, -0.2) is 4.98 Å². The molecule has 1 aliphatic rings. The molecule has 3 rings (SSSR count). The molecular formula is C18H21F3N6O. The van der Waals surface area contributed by atoms with Crippen molar-refractivity contribution in [1.82, 2.24) is 19.9 Å². The molecular weight excluding hydrogens is 373 g/mol. The van der Waals surface area contributed by atoms with Crippen LogP contribution in [-0.2, 0) is 6.18 Å². The summed E-state index contributed by atoms with van der Waals surface area (Å²) in [5.41, 5.74) is -0.0278. The van der Waals surface area contributed by atoms with Gasteiger partial charge in [-0.3, -0.25) is 9.78 Å². The lowest BCUT2D eigenvalue weighted by molar-refractivity contribution is -0.141. The largest absolute Gasteiger partial charge is 0.433 e. The van der Waals surface area contributed by atoms with Gasteiger partial charge in [0.15, 0.2) is 0 Å². The van der Waals surface area contributed by atoms with Crippen LogP contribution < -0.4 is 10.2 Å². The molecule has 28 heavy (non-hydrogen) atoms. The third-order valence-corrected chi connectivity index (χ3v) is 4.35. The lowest BCUT2D eigenvalue weighted by Gasteiger charge is -2.35. The zero-order chi connectivity index (χ0) is 20.3. The molecule has 150 valence electrons. The number of pyridine rings is 1. The molecule has 0 aliphatic carbocycles. The highest BCUT2D eigenvalue weighted by Gasteiger charge is 2.32. The van der Waals surface area contributed by atoms with Crippen molar-refractivity contribution in [2.24, 2.45) is 0 Å². The second-order valence-corrected chi connectivity index (χ2v) is 6.43. The highest BCUT2D eigenvalue weighted by atomic mass is 19.4. The smallest absolute Gasteiger partial charge is 0.370 e. The third-order valence-electron chi connectivity index (χ3n) is 4.35. The van der Waals surface area contributed by atoms with Crippen LogP contribution >= 0.6 is 0 Å². The number of aromatic nitrogens is 3. The van der Waals surface area contributed by atoms with Gasteiger partial charge in [-0.15, -0.1) is 0 Å². The Balaban J connectivity index is 1.64. The number of carbonyl (C=O) groups is 1. The van der Waals surface area contributed by atoms with E-state index in [1.807, 2.05) is 24.8 Å². The van der Waals surface area contributed by atoms with Crippen LogP contribution in [-0.4, -0.2) is 58.5 Å². The summed E-state index contributed by atoms with van der Waals surface area (Å²) in [6, 6.07) is 3.85. The van der Waals surface area contributed by atoms with Crippen LogP contribution in [0.15, 0.2) is 24.4 Å². The second kappa shape index (κ2) is 7.99. The lowest BCUT2D eigenvalue weighted by Crippen LogP contribution is -2.49. The maximum absolute atomic E-state index is 12.6. The van der Waals surface area contributed by atoms with Crippen molar-refractivity contribution in [2.45, 2.75) is 20.0 Å². The van der Waals surface area contributed by atoms with E-state index < -0.39 is 11.9 Å². The van der Waals surface area contributed by atoms with Crippen LogP contribution in [0.25, 0.3) is 0 Å². The normalized spacial score (nSPS) is 14.9. The summed E-state index contributed by atoms with van der Waals surface area (Å²) in [5.74, 6) is 1.01. The number of amides is 1. The van der Waals surface area contributed by atoms with Gasteiger partial charge in [0.1, 0.15) is 11.5 Å². The molecule has 1 amide bonds. The minimum atomic E-state index is -4.52. The van der Waals surface area contributed by atoms with Gasteiger partial charge in [-0.2, -0.15) is 18.2 Å². The summed E-state index contributed by atoms with van der Waals surface area (Å²) < 4.78 is 37.8.